The molecule has 2 aliphatic rings. The van der Waals surface area contributed by atoms with Crippen LogP contribution in [-0.4, -0.2) is 47.4 Å². The van der Waals surface area contributed by atoms with Crippen molar-refractivity contribution in [3.05, 3.63) is 59.7 Å². The number of halogens is 1. The highest BCUT2D eigenvalue weighted by atomic mass is 19.1. The van der Waals surface area contributed by atoms with Gasteiger partial charge < -0.3 is 14.7 Å². The van der Waals surface area contributed by atoms with Crippen LogP contribution in [0, 0.1) is 0 Å². The molecule has 1 amide bonds. The van der Waals surface area contributed by atoms with Crippen molar-refractivity contribution in [2.45, 2.75) is 31.0 Å². The first-order valence-corrected chi connectivity index (χ1v) is 9.02. The number of carbonyl (C=O) groups excluding carboxylic acids is 1. The van der Waals surface area contributed by atoms with E-state index in [9.17, 15) is 14.0 Å². The molecule has 2 aromatic rings. The van der Waals surface area contributed by atoms with E-state index >= 15 is 0 Å². The molecule has 1 aliphatic carbocycles. The van der Waals surface area contributed by atoms with Crippen molar-refractivity contribution in [1.29, 1.82) is 0 Å². The molecule has 1 heterocycles. The summed E-state index contributed by atoms with van der Waals surface area (Å²) in [6.45, 7) is 0.0225. The Kier molecular flexibility index (Phi) is 4.56. The monoisotopic (exact) mass is 369 g/mol. The third-order valence-corrected chi connectivity index (χ3v) is 5.34. The van der Waals surface area contributed by atoms with Crippen molar-refractivity contribution in [3.63, 3.8) is 0 Å². The van der Waals surface area contributed by atoms with Crippen molar-refractivity contribution in [1.82, 2.24) is 4.90 Å². The van der Waals surface area contributed by atoms with E-state index in [-0.39, 0.29) is 31.9 Å². The van der Waals surface area contributed by atoms with Gasteiger partial charge in [0, 0.05) is 18.4 Å². The van der Waals surface area contributed by atoms with Gasteiger partial charge in [0.05, 0.1) is 13.0 Å². The molecule has 2 atom stereocenters. The summed E-state index contributed by atoms with van der Waals surface area (Å²) < 4.78 is 19.2. The van der Waals surface area contributed by atoms with Gasteiger partial charge in [0.2, 0.25) is 0 Å². The van der Waals surface area contributed by atoms with Crippen LogP contribution < -0.4 is 0 Å². The van der Waals surface area contributed by atoms with Crippen LogP contribution in [-0.2, 0) is 9.53 Å². The van der Waals surface area contributed by atoms with Crippen LogP contribution in [0.3, 0.4) is 0 Å². The molecule has 0 spiro atoms. The summed E-state index contributed by atoms with van der Waals surface area (Å²) >= 11 is 0. The predicted molar refractivity (Wildman–Crippen MR) is 97.3 cm³/mol. The highest BCUT2D eigenvalue weighted by Crippen LogP contribution is 2.44. The van der Waals surface area contributed by atoms with E-state index in [4.69, 9.17) is 9.84 Å². The van der Waals surface area contributed by atoms with Crippen molar-refractivity contribution in [2.75, 3.05) is 13.2 Å². The maximum absolute atomic E-state index is 13.7. The minimum atomic E-state index is -1.21. The minimum absolute atomic E-state index is 0.0382. The standard InChI is InChI=1S/C21H20FNO4/c22-13-9-14(10-20(24)25)23(11-13)21(26)27-12-19-17-7-3-1-5-15(17)16-6-2-4-8-18(16)19/h1-8,13-14,19H,9-12H2,(H,24,25)/t13-,14+/m1/s1. The lowest BCUT2D eigenvalue weighted by Crippen LogP contribution is -2.38. The highest BCUT2D eigenvalue weighted by Gasteiger charge is 2.38. The first-order chi connectivity index (χ1) is 13.0. The number of ether oxygens (including phenoxy) is 1. The third-order valence-electron chi connectivity index (χ3n) is 5.34. The van der Waals surface area contributed by atoms with E-state index in [2.05, 4.69) is 0 Å². The topological polar surface area (TPSA) is 66.8 Å². The number of rotatable bonds is 4. The van der Waals surface area contributed by atoms with Gasteiger partial charge in [-0.3, -0.25) is 4.79 Å². The third kappa shape index (κ3) is 3.27. The summed E-state index contributed by atoms with van der Waals surface area (Å²) in [6, 6.07) is 15.3. The van der Waals surface area contributed by atoms with Gasteiger partial charge in [-0.25, -0.2) is 9.18 Å². The van der Waals surface area contributed by atoms with Gasteiger partial charge in [0.1, 0.15) is 12.8 Å². The molecule has 1 aliphatic heterocycles. The molecule has 0 radical (unpaired) electrons. The Morgan fingerprint density at radius 1 is 1.07 bits per heavy atom. The summed E-state index contributed by atoms with van der Waals surface area (Å²) in [5.74, 6) is -1.13. The lowest BCUT2D eigenvalue weighted by Gasteiger charge is -2.23. The fraction of sp³-hybridized carbons (Fsp3) is 0.333. The van der Waals surface area contributed by atoms with Gasteiger partial charge in [0.25, 0.3) is 0 Å². The Bertz CT molecular complexity index is 838. The largest absolute Gasteiger partial charge is 0.481 e. The number of aliphatic carboxylic acids is 1. The number of nitrogens with zero attached hydrogens (tertiary/aromatic N) is 1. The van der Waals surface area contributed by atoms with Crippen molar-refractivity contribution in [2.24, 2.45) is 0 Å². The van der Waals surface area contributed by atoms with Gasteiger partial charge in [-0.2, -0.15) is 0 Å². The Morgan fingerprint density at radius 3 is 2.26 bits per heavy atom. The molecule has 0 saturated carbocycles. The number of carbonyl (C=O) groups is 2. The Hall–Kier alpha value is -2.89. The normalized spacial score (nSPS) is 21.0. The smallest absolute Gasteiger partial charge is 0.410 e. The number of carboxylic acid groups (broad SMARTS) is 1. The molecule has 0 unspecified atom stereocenters. The average molecular weight is 369 g/mol. The molecule has 1 saturated heterocycles. The molecule has 2 aromatic carbocycles. The number of likely N-dealkylation sites (tertiary alicyclic amines) is 1. The fourth-order valence-corrected chi connectivity index (χ4v) is 4.16. The molecular formula is C21H20FNO4. The second-order valence-corrected chi connectivity index (χ2v) is 7.04. The van der Waals surface area contributed by atoms with Crippen LogP contribution in [0.1, 0.15) is 29.9 Å². The van der Waals surface area contributed by atoms with Crippen molar-refractivity contribution >= 4 is 12.1 Å². The van der Waals surface area contributed by atoms with Crippen LogP contribution >= 0.6 is 0 Å². The summed E-state index contributed by atoms with van der Waals surface area (Å²) in [5, 5.41) is 8.98. The first kappa shape index (κ1) is 17.5. The molecule has 1 N–H and O–H groups in total. The minimum Gasteiger partial charge on any atom is -0.481 e. The molecular weight excluding hydrogens is 349 g/mol. The molecule has 4 rings (SSSR count). The maximum atomic E-state index is 13.7. The molecule has 5 nitrogen and oxygen atoms in total. The second-order valence-electron chi connectivity index (χ2n) is 7.04. The van der Waals surface area contributed by atoms with Crippen LogP contribution in [0.4, 0.5) is 9.18 Å². The van der Waals surface area contributed by atoms with Gasteiger partial charge in [0.15, 0.2) is 0 Å². The second kappa shape index (κ2) is 7.02. The van der Waals surface area contributed by atoms with E-state index in [0.29, 0.717) is 0 Å². The summed E-state index contributed by atoms with van der Waals surface area (Å²) in [7, 11) is 0. The van der Waals surface area contributed by atoms with E-state index in [1.54, 1.807) is 0 Å². The number of alkyl halides is 1. The number of fused-ring (bicyclic) bond motifs is 3. The lowest BCUT2D eigenvalue weighted by molar-refractivity contribution is -0.138. The van der Waals surface area contributed by atoms with E-state index in [1.807, 2.05) is 48.5 Å². The molecule has 27 heavy (non-hydrogen) atoms. The zero-order valence-electron chi connectivity index (χ0n) is 14.7. The maximum Gasteiger partial charge on any atom is 0.410 e. The van der Waals surface area contributed by atoms with Gasteiger partial charge in [-0.15, -0.1) is 0 Å². The Labute approximate surface area is 156 Å². The fourth-order valence-electron chi connectivity index (χ4n) is 4.16. The number of benzene rings is 2. The first-order valence-electron chi connectivity index (χ1n) is 9.02. The molecule has 0 aromatic heterocycles. The Balaban J connectivity index is 1.50. The molecule has 6 heteroatoms. The van der Waals surface area contributed by atoms with Crippen LogP contribution in [0.2, 0.25) is 0 Å². The van der Waals surface area contributed by atoms with E-state index in [0.717, 1.165) is 22.3 Å². The van der Waals surface area contributed by atoms with Gasteiger partial charge >= 0.3 is 12.1 Å². The van der Waals surface area contributed by atoms with Crippen LogP contribution in [0.15, 0.2) is 48.5 Å². The number of amides is 1. The molecule has 1 fully saturated rings. The van der Waals surface area contributed by atoms with Gasteiger partial charge in [-0.1, -0.05) is 48.5 Å². The lowest BCUT2D eigenvalue weighted by atomic mass is 9.98. The SMILES string of the molecule is O=C(O)C[C@@H]1C[C@@H](F)CN1C(=O)OCC1c2ccccc2-c2ccccc21. The summed E-state index contributed by atoms with van der Waals surface area (Å²) in [5.41, 5.74) is 4.45. The highest BCUT2D eigenvalue weighted by molar-refractivity contribution is 5.79. The predicted octanol–water partition coefficient (Wildman–Crippen LogP) is 3.82. The summed E-state index contributed by atoms with van der Waals surface area (Å²) in [4.78, 5) is 24.7. The Morgan fingerprint density at radius 2 is 1.67 bits per heavy atom. The quantitative estimate of drug-likeness (QED) is 0.890. The van der Waals surface area contributed by atoms with E-state index < -0.39 is 24.3 Å². The molecule has 0 bridgehead atoms. The van der Waals surface area contributed by atoms with Crippen LogP contribution in [0.5, 0.6) is 0 Å². The van der Waals surface area contributed by atoms with Crippen molar-refractivity contribution < 1.29 is 23.8 Å². The van der Waals surface area contributed by atoms with Gasteiger partial charge in [-0.05, 0) is 22.3 Å². The van der Waals surface area contributed by atoms with Crippen molar-refractivity contribution in [3.8, 4) is 11.1 Å². The van der Waals surface area contributed by atoms with E-state index in [1.165, 1.54) is 4.90 Å². The summed E-state index contributed by atoms with van der Waals surface area (Å²) in [6.07, 6.45) is -2.10. The average Bonchev–Trinajstić information content (AvgIpc) is 3.17. The van der Waals surface area contributed by atoms with Crippen LogP contribution in [0.25, 0.3) is 11.1 Å². The molecule has 140 valence electrons. The number of hydrogen-bond acceptors (Lipinski definition) is 3. The zero-order valence-corrected chi connectivity index (χ0v) is 14.7. The zero-order chi connectivity index (χ0) is 19.0. The number of hydrogen-bond donors (Lipinski definition) is 1. The number of carboxylic acids is 1.